The van der Waals surface area contributed by atoms with Crippen molar-refractivity contribution < 1.29 is 0 Å². The number of aromatic nitrogens is 3. The lowest BCUT2D eigenvalue weighted by Crippen LogP contribution is -2.35. The monoisotopic (exact) mass is 354 g/mol. The van der Waals surface area contributed by atoms with E-state index in [1.165, 1.54) is 18.4 Å². The van der Waals surface area contributed by atoms with E-state index in [0.717, 1.165) is 36.4 Å². The third-order valence-electron chi connectivity index (χ3n) is 4.54. The molecule has 1 aromatic heterocycles. The lowest BCUT2D eigenvalue weighted by molar-refractivity contribution is 0.222. The van der Waals surface area contributed by atoms with Crippen LogP contribution in [-0.4, -0.2) is 45.1 Å². The number of hydrogen-bond donors (Lipinski definition) is 0. The number of likely N-dealkylation sites (tertiary alicyclic amines) is 1. The second-order valence-electron chi connectivity index (χ2n) is 6.41. The van der Waals surface area contributed by atoms with Crippen LogP contribution in [0.5, 0.6) is 0 Å². The van der Waals surface area contributed by atoms with Gasteiger partial charge in [-0.05, 0) is 24.9 Å². The summed E-state index contributed by atoms with van der Waals surface area (Å²) in [6, 6.07) is 10.5. The van der Waals surface area contributed by atoms with Gasteiger partial charge in [0.2, 0.25) is 0 Å². The van der Waals surface area contributed by atoms with Crippen LogP contribution in [0.4, 0.5) is 0 Å². The number of nitrogens with zero attached hydrogens (tertiary/aromatic N) is 4. The van der Waals surface area contributed by atoms with E-state index < -0.39 is 0 Å². The van der Waals surface area contributed by atoms with Gasteiger partial charge in [0.05, 0.1) is 0 Å². The van der Waals surface area contributed by atoms with Crippen molar-refractivity contribution >= 4 is 17.8 Å². The number of hydrogen-bond acceptors (Lipinski definition) is 4. The molecule has 3 rings (SSSR count). The Kier molecular flexibility index (Phi) is 6.48. The van der Waals surface area contributed by atoms with Gasteiger partial charge in [-0.2, -0.15) is 0 Å². The van der Waals surface area contributed by atoms with Gasteiger partial charge in [-0.25, -0.2) is 0 Å². The highest BCUT2D eigenvalue weighted by Crippen LogP contribution is 2.27. The van der Waals surface area contributed by atoms with Gasteiger partial charge in [-0.15, -0.1) is 16.8 Å². The predicted molar refractivity (Wildman–Crippen MR) is 106 cm³/mol. The van der Waals surface area contributed by atoms with Crippen molar-refractivity contribution in [2.45, 2.75) is 23.9 Å². The van der Waals surface area contributed by atoms with Gasteiger partial charge in [-0.3, -0.25) is 4.90 Å². The maximum Gasteiger partial charge on any atom is 0.191 e. The topological polar surface area (TPSA) is 34.0 Å². The lowest BCUT2D eigenvalue weighted by atomic mass is 9.97. The summed E-state index contributed by atoms with van der Waals surface area (Å²) < 4.78 is 2.15. The normalized spacial score (nSPS) is 18.7. The Morgan fingerprint density at radius 2 is 2.12 bits per heavy atom. The van der Waals surface area contributed by atoms with Crippen LogP contribution in [0.25, 0.3) is 6.08 Å². The molecule has 2 aromatic rings. The molecule has 5 heteroatoms. The van der Waals surface area contributed by atoms with Crippen molar-refractivity contribution in [3.63, 3.8) is 0 Å². The van der Waals surface area contributed by atoms with Crippen LogP contribution in [0, 0.1) is 0 Å². The minimum Gasteiger partial charge on any atom is -0.309 e. The molecule has 1 saturated heterocycles. The standard InChI is InChI=1S/C20H26N4S/c1-3-15-25-20-22-21-19(23(20)2)18-12-8-14-24(16-18)13-7-11-17-9-5-4-6-10-17/h3-7,9-11,18H,1,8,12-16H2,2H3. The van der Waals surface area contributed by atoms with Crippen molar-refractivity contribution in [2.75, 3.05) is 25.4 Å². The molecule has 1 unspecified atom stereocenters. The molecular formula is C20H26N4S. The molecule has 25 heavy (non-hydrogen) atoms. The fourth-order valence-corrected chi connectivity index (χ4v) is 3.93. The van der Waals surface area contributed by atoms with E-state index in [-0.39, 0.29) is 0 Å². The van der Waals surface area contributed by atoms with Crippen LogP contribution in [-0.2, 0) is 7.05 Å². The molecule has 0 N–H and O–H groups in total. The highest BCUT2D eigenvalue weighted by atomic mass is 32.2. The van der Waals surface area contributed by atoms with Crippen LogP contribution in [0.3, 0.4) is 0 Å². The van der Waals surface area contributed by atoms with Gasteiger partial charge in [0.15, 0.2) is 5.16 Å². The fourth-order valence-electron chi connectivity index (χ4n) is 3.27. The minimum atomic E-state index is 0.467. The molecule has 0 radical (unpaired) electrons. The molecule has 1 fully saturated rings. The van der Waals surface area contributed by atoms with Gasteiger partial charge >= 0.3 is 0 Å². The number of rotatable bonds is 7. The molecule has 0 spiro atoms. The van der Waals surface area contributed by atoms with E-state index >= 15 is 0 Å². The number of piperidine rings is 1. The Balaban J connectivity index is 1.58. The molecule has 1 aliphatic heterocycles. The lowest BCUT2D eigenvalue weighted by Gasteiger charge is -2.31. The Morgan fingerprint density at radius 3 is 2.92 bits per heavy atom. The minimum absolute atomic E-state index is 0.467. The van der Waals surface area contributed by atoms with E-state index in [0.29, 0.717) is 5.92 Å². The second-order valence-corrected chi connectivity index (χ2v) is 7.40. The van der Waals surface area contributed by atoms with E-state index in [1.54, 1.807) is 11.8 Å². The quantitative estimate of drug-likeness (QED) is 0.556. The van der Waals surface area contributed by atoms with Gasteiger partial charge in [-0.1, -0.05) is 60.3 Å². The van der Waals surface area contributed by atoms with Crippen molar-refractivity contribution in [1.29, 1.82) is 0 Å². The third kappa shape index (κ3) is 4.83. The average Bonchev–Trinajstić information content (AvgIpc) is 3.02. The highest BCUT2D eigenvalue weighted by Gasteiger charge is 2.25. The zero-order chi connectivity index (χ0) is 17.5. The van der Waals surface area contributed by atoms with Crippen LogP contribution in [0.15, 0.2) is 54.2 Å². The zero-order valence-corrected chi connectivity index (χ0v) is 15.7. The first kappa shape index (κ1) is 18.0. The number of benzene rings is 1. The summed E-state index contributed by atoms with van der Waals surface area (Å²) in [7, 11) is 2.08. The summed E-state index contributed by atoms with van der Waals surface area (Å²) in [6.45, 7) is 6.97. The zero-order valence-electron chi connectivity index (χ0n) is 14.8. The van der Waals surface area contributed by atoms with Crippen molar-refractivity contribution in [3.05, 3.63) is 60.5 Å². The molecule has 4 nitrogen and oxygen atoms in total. The molecule has 1 aliphatic rings. The predicted octanol–water partition coefficient (Wildman–Crippen LogP) is 3.99. The average molecular weight is 355 g/mol. The molecule has 0 saturated carbocycles. The second kappa shape index (κ2) is 9.02. The van der Waals surface area contributed by atoms with Crippen molar-refractivity contribution in [2.24, 2.45) is 7.05 Å². The van der Waals surface area contributed by atoms with Crippen LogP contribution in [0.2, 0.25) is 0 Å². The van der Waals surface area contributed by atoms with Crippen LogP contribution >= 0.6 is 11.8 Å². The van der Waals surface area contributed by atoms with Gasteiger partial charge in [0.25, 0.3) is 0 Å². The Hall–Kier alpha value is -1.85. The maximum absolute atomic E-state index is 4.47. The maximum atomic E-state index is 4.47. The first-order chi connectivity index (χ1) is 12.3. The van der Waals surface area contributed by atoms with Gasteiger partial charge in [0.1, 0.15) is 5.82 Å². The Morgan fingerprint density at radius 1 is 1.28 bits per heavy atom. The molecule has 0 aliphatic carbocycles. The summed E-state index contributed by atoms with van der Waals surface area (Å²) >= 11 is 1.69. The number of thioether (sulfide) groups is 1. The highest BCUT2D eigenvalue weighted by molar-refractivity contribution is 7.99. The Labute approximate surface area is 154 Å². The molecular weight excluding hydrogens is 328 g/mol. The first-order valence-corrected chi connectivity index (χ1v) is 9.83. The molecule has 0 bridgehead atoms. The third-order valence-corrected chi connectivity index (χ3v) is 5.56. The van der Waals surface area contributed by atoms with E-state index in [2.05, 4.69) is 75.8 Å². The Bertz CT molecular complexity index is 708. The molecule has 1 aromatic carbocycles. The van der Waals surface area contributed by atoms with E-state index in [9.17, 15) is 0 Å². The van der Waals surface area contributed by atoms with Gasteiger partial charge in [0, 0.05) is 31.8 Å². The summed E-state index contributed by atoms with van der Waals surface area (Å²) in [5.74, 6) is 2.45. The summed E-state index contributed by atoms with van der Waals surface area (Å²) in [6.07, 6.45) is 8.78. The largest absolute Gasteiger partial charge is 0.309 e. The van der Waals surface area contributed by atoms with Crippen molar-refractivity contribution in [3.8, 4) is 0 Å². The van der Waals surface area contributed by atoms with Crippen LogP contribution < -0.4 is 0 Å². The molecule has 2 heterocycles. The smallest absolute Gasteiger partial charge is 0.191 e. The van der Waals surface area contributed by atoms with E-state index in [4.69, 9.17) is 0 Å². The molecule has 0 amide bonds. The first-order valence-electron chi connectivity index (χ1n) is 8.85. The van der Waals surface area contributed by atoms with Gasteiger partial charge < -0.3 is 4.57 Å². The summed E-state index contributed by atoms with van der Waals surface area (Å²) in [4.78, 5) is 2.51. The molecule has 1 atom stereocenters. The summed E-state index contributed by atoms with van der Waals surface area (Å²) in [5, 5.41) is 9.80. The summed E-state index contributed by atoms with van der Waals surface area (Å²) in [5.41, 5.74) is 1.26. The van der Waals surface area contributed by atoms with Crippen molar-refractivity contribution in [1.82, 2.24) is 19.7 Å². The SMILES string of the molecule is C=CCSc1nnc(C2CCCN(CC=Cc3ccccc3)C2)n1C. The molecule has 132 valence electrons. The fraction of sp³-hybridized carbons (Fsp3) is 0.400. The van der Waals surface area contributed by atoms with E-state index in [1.807, 2.05) is 6.08 Å². The van der Waals surface area contributed by atoms with Crippen LogP contribution in [0.1, 0.15) is 30.1 Å².